The van der Waals surface area contributed by atoms with Crippen molar-refractivity contribution < 1.29 is 27.6 Å². The number of carbonyl (C=O) groups excluding carboxylic acids is 1. The zero-order valence-corrected chi connectivity index (χ0v) is 23.9. The number of aryl methyl sites for hydroxylation is 2. The molecule has 1 aliphatic rings. The number of sulfonamides is 1. The number of aromatic nitrogens is 2. The number of amides is 1. The zero-order valence-electron chi connectivity index (χ0n) is 23.1. The minimum Gasteiger partial charge on any atom is -0.437 e. The van der Waals surface area contributed by atoms with Gasteiger partial charge in [-0.15, -0.1) is 0 Å². The van der Waals surface area contributed by atoms with Crippen LogP contribution in [-0.4, -0.2) is 66.2 Å². The van der Waals surface area contributed by atoms with Gasteiger partial charge in [-0.1, -0.05) is 26.0 Å². The maximum Gasteiger partial charge on any atom is 0.272 e. The molecule has 13 heteroatoms. The van der Waals surface area contributed by atoms with Crippen LogP contribution >= 0.6 is 0 Å². The molecule has 2 heterocycles. The van der Waals surface area contributed by atoms with Gasteiger partial charge in [0.25, 0.3) is 11.6 Å². The number of morpholine rings is 1. The van der Waals surface area contributed by atoms with Gasteiger partial charge in [0.15, 0.2) is 5.69 Å². The van der Waals surface area contributed by atoms with Crippen LogP contribution in [0.15, 0.2) is 41.3 Å². The van der Waals surface area contributed by atoms with Crippen LogP contribution in [0.1, 0.15) is 41.0 Å². The largest absolute Gasteiger partial charge is 0.437 e. The summed E-state index contributed by atoms with van der Waals surface area (Å²) >= 11 is 0. The highest BCUT2D eigenvalue weighted by Gasteiger charge is 2.33. The van der Waals surface area contributed by atoms with Crippen molar-refractivity contribution in [2.75, 3.05) is 32.8 Å². The summed E-state index contributed by atoms with van der Waals surface area (Å²) in [6.07, 6.45) is 0. The fraction of sp³-hybridized carbons (Fsp3) is 0.407. The first-order chi connectivity index (χ1) is 18.9. The van der Waals surface area contributed by atoms with Crippen LogP contribution in [0.25, 0.3) is 5.69 Å². The summed E-state index contributed by atoms with van der Waals surface area (Å²) in [5, 5.41) is 19.0. The molecule has 1 saturated heterocycles. The second-order valence-electron chi connectivity index (χ2n) is 10.1. The third-order valence-electron chi connectivity index (χ3n) is 6.48. The van der Waals surface area contributed by atoms with E-state index in [4.69, 9.17) is 9.47 Å². The summed E-state index contributed by atoms with van der Waals surface area (Å²) < 4.78 is 41.5. The van der Waals surface area contributed by atoms with Gasteiger partial charge >= 0.3 is 0 Å². The highest BCUT2D eigenvalue weighted by molar-refractivity contribution is 7.89. The maximum atomic E-state index is 13.7. The molecule has 1 aliphatic heterocycles. The van der Waals surface area contributed by atoms with E-state index in [2.05, 4.69) is 10.4 Å². The number of nitro benzene ring substituents is 1. The summed E-state index contributed by atoms with van der Waals surface area (Å²) in [6.45, 7) is 10.5. The predicted molar refractivity (Wildman–Crippen MR) is 148 cm³/mol. The zero-order chi connectivity index (χ0) is 29.2. The standard InChI is InChI=1S/C27H33N5O7S/c1-17(2)16-28-26(33)25-20(5)27(31(29-25)22-14-18(3)6-7-19(22)4)39-23-9-8-21(32(34)35)15-24(23)40(36,37)30-10-12-38-13-11-30/h6-9,14-15,17H,10-13,16H2,1-5H3,(H,28,33). The molecular weight excluding hydrogens is 538 g/mol. The lowest BCUT2D eigenvalue weighted by atomic mass is 10.1. The van der Waals surface area contributed by atoms with Crippen LogP contribution in [0, 0.1) is 36.8 Å². The van der Waals surface area contributed by atoms with Crippen molar-refractivity contribution in [3.63, 3.8) is 0 Å². The molecule has 1 N–H and O–H groups in total. The van der Waals surface area contributed by atoms with Gasteiger partial charge in [-0.3, -0.25) is 14.9 Å². The summed E-state index contributed by atoms with van der Waals surface area (Å²) in [4.78, 5) is 23.6. The lowest BCUT2D eigenvalue weighted by Gasteiger charge is -2.26. The van der Waals surface area contributed by atoms with Gasteiger partial charge in [0.2, 0.25) is 15.9 Å². The molecule has 0 unspecified atom stereocenters. The molecule has 12 nitrogen and oxygen atoms in total. The van der Waals surface area contributed by atoms with Gasteiger partial charge in [-0.25, -0.2) is 8.42 Å². The molecule has 0 bridgehead atoms. The van der Waals surface area contributed by atoms with Gasteiger partial charge in [0.05, 0.1) is 23.8 Å². The Balaban J connectivity index is 1.88. The van der Waals surface area contributed by atoms with Crippen LogP contribution < -0.4 is 10.1 Å². The van der Waals surface area contributed by atoms with E-state index in [1.807, 2.05) is 45.9 Å². The van der Waals surface area contributed by atoms with Gasteiger partial charge in [0, 0.05) is 37.3 Å². The minimum atomic E-state index is -4.19. The Labute approximate surface area is 233 Å². The first-order valence-corrected chi connectivity index (χ1v) is 14.3. The van der Waals surface area contributed by atoms with E-state index in [-0.39, 0.29) is 54.4 Å². The van der Waals surface area contributed by atoms with Gasteiger partial charge in [-0.05, 0) is 49.9 Å². The smallest absolute Gasteiger partial charge is 0.272 e. The number of hydrogen-bond donors (Lipinski definition) is 1. The number of hydrogen-bond acceptors (Lipinski definition) is 8. The normalized spacial score (nSPS) is 14.3. The Morgan fingerprint density at radius 3 is 2.50 bits per heavy atom. The first kappa shape index (κ1) is 29.2. The molecule has 0 atom stereocenters. The third kappa shape index (κ3) is 6.01. The van der Waals surface area contributed by atoms with Crippen molar-refractivity contribution in [1.82, 2.24) is 19.4 Å². The van der Waals surface area contributed by atoms with Crippen molar-refractivity contribution in [2.24, 2.45) is 5.92 Å². The molecule has 1 amide bonds. The topological polar surface area (TPSA) is 146 Å². The fourth-order valence-electron chi connectivity index (χ4n) is 4.23. The van der Waals surface area contributed by atoms with E-state index < -0.39 is 26.5 Å². The summed E-state index contributed by atoms with van der Waals surface area (Å²) in [5.41, 5.74) is 2.54. The van der Waals surface area contributed by atoms with E-state index in [9.17, 15) is 23.3 Å². The van der Waals surface area contributed by atoms with Crippen LogP contribution in [-0.2, 0) is 14.8 Å². The van der Waals surface area contributed by atoms with Crippen LogP contribution in [0.3, 0.4) is 0 Å². The number of benzene rings is 2. The Hall–Kier alpha value is -3.81. The second-order valence-corrected chi connectivity index (χ2v) is 12.0. The first-order valence-electron chi connectivity index (χ1n) is 12.9. The van der Waals surface area contributed by atoms with E-state index >= 15 is 0 Å². The lowest BCUT2D eigenvalue weighted by Crippen LogP contribution is -2.40. The molecule has 0 aliphatic carbocycles. The number of nitro groups is 1. The Kier molecular flexibility index (Phi) is 8.57. The van der Waals surface area contributed by atoms with E-state index in [1.54, 1.807) is 6.92 Å². The molecule has 1 fully saturated rings. The number of ether oxygens (including phenoxy) is 2. The fourth-order valence-corrected chi connectivity index (χ4v) is 5.78. The van der Waals surface area contributed by atoms with Crippen molar-refractivity contribution in [3.05, 3.63) is 68.9 Å². The molecule has 1 aromatic heterocycles. The molecule has 214 valence electrons. The molecule has 0 radical (unpaired) electrons. The average molecular weight is 572 g/mol. The molecule has 2 aromatic carbocycles. The quantitative estimate of drug-likeness (QED) is 0.301. The number of nitrogens with one attached hydrogen (secondary N) is 1. The van der Waals surface area contributed by atoms with Crippen molar-refractivity contribution in [2.45, 2.75) is 39.5 Å². The van der Waals surface area contributed by atoms with Crippen LogP contribution in [0.2, 0.25) is 0 Å². The highest BCUT2D eigenvalue weighted by atomic mass is 32.2. The molecule has 3 aromatic rings. The van der Waals surface area contributed by atoms with E-state index in [0.717, 1.165) is 17.2 Å². The van der Waals surface area contributed by atoms with Crippen molar-refractivity contribution in [3.8, 4) is 17.3 Å². The Morgan fingerprint density at radius 2 is 1.85 bits per heavy atom. The molecule has 40 heavy (non-hydrogen) atoms. The maximum absolute atomic E-state index is 13.7. The number of nitrogens with zero attached hydrogens (tertiary/aromatic N) is 4. The highest BCUT2D eigenvalue weighted by Crippen LogP contribution is 2.37. The Bertz CT molecular complexity index is 1540. The van der Waals surface area contributed by atoms with Crippen molar-refractivity contribution in [1.29, 1.82) is 0 Å². The lowest BCUT2D eigenvalue weighted by molar-refractivity contribution is -0.385. The number of carbonyl (C=O) groups is 1. The minimum absolute atomic E-state index is 0.101. The molecular formula is C27H33N5O7S. The van der Waals surface area contributed by atoms with Gasteiger partial charge < -0.3 is 14.8 Å². The third-order valence-corrected chi connectivity index (χ3v) is 8.40. The van der Waals surface area contributed by atoms with Gasteiger partial charge in [-0.2, -0.15) is 14.1 Å². The number of non-ortho nitro benzene ring substituents is 1. The average Bonchev–Trinajstić information content (AvgIpc) is 3.24. The molecule has 0 saturated carbocycles. The van der Waals surface area contributed by atoms with E-state index in [0.29, 0.717) is 17.8 Å². The monoisotopic (exact) mass is 571 g/mol. The SMILES string of the molecule is Cc1ccc(C)c(-n2nc(C(=O)NCC(C)C)c(C)c2Oc2ccc([N+](=O)[O-])cc2S(=O)(=O)N2CCOCC2)c1. The summed E-state index contributed by atoms with van der Waals surface area (Å²) in [5.74, 6) is -0.185. The van der Waals surface area contributed by atoms with E-state index in [1.165, 1.54) is 21.1 Å². The van der Waals surface area contributed by atoms with Crippen molar-refractivity contribution >= 4 is 21.6 Å². The Morgan fingerprint density at radius 1 is 1.15 bits per heavy atom. The molecule has 4 rings (SSSR count). The molecule has 0 spiro atoms. The van der Waals surface area contributed by atoms with Gasteiger partial charge in [0.1, 0.15) is 10.6 Å². The summed E-state index contributed by atoms with van der Waals surface area (Å²) in [6, 6.07) is 9.15. The summed E-state index contributed by atoms with van der Waals surface area (Å²) in [7, 11) is -4.19. The predicted octanol–water partition coefficient (Wildman–Crippen LogP) is 3.90. The number of rotatable bonds is 9. The second kappa shape index (κ2) is 11.7. The van der Waals surface area contributed by atoms with Crippen LogP contribution in [0.5, 0.6) is 11.6 Å². The van der Waals surface area contributed by atoms with Crippen LogP contribution in [0.4, 0.5) is 5.69 Å².